The lowest BCUT2D eigenvalue weighted by Crippen LogP contribution is -2.46. The van der Waals surface area contributed by atoms with E-state index < -0.39 is 0 Å². The van der Waals surface area contributed by atoms with Gasteiger partial charge in [0, 0.05) is 41.5 Å². The molecule has 6 heteroatoms. The third-order valence-electron chi connectivity index (χ3n) is 5.32. The van der Waals surface area contributed by atoms with Crippen molar-refractivity contribution < 1.29 is 9.90 Å². The van der Waals surface area contributed by atoms with Crippen LogP contribution in [0.3, 0.4) is 0 Å². The molecule has 2 heterocycles. The van der Waals surface area contributed by atoms with Gasteiger partial charge in [-0.3, -0.25) is 4.79 Å². The zero-order chi connectivity index (χ0) is 18.1. The Hall–Kier alpha value is -2.47. The van der Waals surface area contributed by atoms with Crippen molar-refractivity contribution in [2.45, 2.75) is 38.6 Å². The molecule has 1 unspecified atom stereocenters. The Morgan fingerprint density at radius 2 is 2.08 bits per heavy atom. The SMILES string of the molecule is CC1CCN1c1nc2c(c(-c3ccc(C(=O)NCCO)cc3)n1)CCC2. The molecule has 0 spiro atoms. The van der Waals surface area contributed by atoms with Crippen molar-refractivity contribution >= 4 is 11.9 Å². The zero-order valence-corrected chi connectivity index (χ0v) is 15.0. The largest absolute Gasteiger partial charge is 0.395 e. The Morgan fingerprint density at radius 3 is 2.73 bits per heavy atom. The third kappa shape index (κ3) is 3.05. The number of aryl methyl sites for hydroxylation is 1. The lowest BCUT2D eigenvalue weighted by atomic mass is 10.0. The zero-order valence-electron chi connectivity index (χ0n) is 15.0. The average Bonchev–Trinajstić information content (AvgIpc) is 3.13. The fourth-order valence-electron chi connectivity index (χ4n) is 3.65. The van der Waals surface area contributed by atoms with Crippen molar-refractivity contribution in [1.29, 1.82) is 0 Å². The van der Waals surface area contributed by atoms with Gasteiger partial charge in [-0.05, 0) is 44.7 Å². The average molecular weight is 352 g/mol. The van der Waals surface area contributed by atoms with E-state index in [-0.39, 0.29) is 19.1 Å². The fraction of sp³-hybridized carbons (Fsp3) is 0.450. The second kappa shape index (κ2) is 7.03. The summed E-state index contributed by atoms with van der Waals surface area (Å²) in [7, 11) is 0. The number of aromatic nitrogens is 2. The molecule has 1 aromatic heterocycles. The molecule has 6 nitrogen and oxygen atoms in total. The van der Waals surface area contributed by atoms with Crippen LogP contribution in [0.1, 0.15) is 41.4 Å². The number of benzene rings is 1. The van der Waals surface area contributed by atoms with Crippen molar-refractivity contribution in [1.82, 2.24) is 15.3 Å². The van der Waals surface area contributed by atoms with Crippen LogP contribution in [-0.4, -0.2) is 46.7 Å². The molecule has 2 N–H and O–H groups in total. The minimum Gasteiger partial charge on any atom is -0.395 e. The quantitative estimate of drug-likeness (QED) is 0.860. The van der Waals surface area contributed by atoms with Gasteiger partial charge in [0.15, 0.2) is 0 Å². The van der Waals surface area contributed by atoms with Crippen LogP contribution in [-0.2, 0) is 12.8 Å². The van der Waals surface area contributed by atoms with Gasteiger partial charge in [-0.2, -0.15) is 0 Å². The van der Waals surface area contributed by atoms with Crippen LogP contribution >= 0.6 is 0 Å². The van der Waals surface area contributed by atoms with E-state index in [0.717, 1.165) is 43.0 Å². The van der Waals surface area contributed by atoms with E-state index in [4.69, 9.17) is 15.1 Å². The molecule has 1 aliphatic heterocycles. The maximum atomic E-state index is 12.0. The van der Waals surface area contributed by atoms with E-state index >= 15 is 0 Å². The molecule has 1 amide bonds. The maximum absolute atomic E-state index is 12.0. The number of amides is 1. The van der Waals surface area contributed by atoms with E-state index in [1.54, 1.807) is 0 Å². The van der Waals surface area contributed by atoms with Crippen LogP contribution in [0, 0.1) is 0 Å². The Morgan fingerprint density at radius 1 is 1.27 bits per heavy atom. The van der Waals surface area contributed by atoms with Crippen LogP contribution in [0.2, 0.25) is 0 Å². The molecular weight excluding hydrogens is 328 g/mol. The van der Waals surface area contributed by atoms with Gasteiger partial charge in [0.1, 0.15) is 0 Å². The van der Waals surface area contributed by atoms with Gasteiger partial charge in [-0.1, -0.05) is 12.1 Å². The Bertz CT molecular complexity index is 819. The molecule has 26 heavy (non-hydrogen) atoms. The molecule has 2 aromatic rings. The molecule has 0 bridgehead atoms. The number of carbonyl (C=O) groups excluding carboxylic acids is 1. The van der Waals surface area contributed by atoms with Gasteiger partial charge in [0.05, 0.1) is 12.3 Å². The summed E-state index contributed by atoms with van der Waals surface area (Å²) in [6, 6.07) is 8.05. The lowest BCUT2D eigenvalue weighted by molar-refractivity contribution is 0.0945. The summed E-state index contributed by atoms with van der Waals surface area (Å²) in [6.07, 6.45) is 4.34. The monoisotopic (exact) mass is 352 g/mol. The smallest absolute Gasteiger partial charge is 0.251 e. The fourth-order valence-corrected chi connectivity index (χ4v) is 3.65. The number of fused-ring (bicyclic) bond motifs is 1. The highest BCUT2D eigenvalue weighted by Crippen LogP contribution is 2.33. The van der Waals surface area contributed by atoms with Gasteiger partial charge in [-0.15, -0.1) is 0 Å². The third-order valence-corrected chi connectivity index (χ3v) is 5.32. The van der Waals surface area contributed by atoms with E-state index in [1.807, 2.05) is 24.3 Å². The molecular formula is C20H24N4O2. The van der Waals surface area contributed by atoms with Gasteiger partial charge in [-0.25, -0.2) is 9.97 Å². The first-order valence-corrected chi connectivity index (χ1v) is 9.33. The topological polar surface area (TPSA) is 78.4 Å². The number of carbonyl (C=O) groups is 1. The number of hydrogen-bond acceptors (Lipinski definition) is 5. The van der Waals surface area contributed by atoms with E-state index in [0.29, 0.717) is 11.6 Å². The van der Waals surface area contributed by atoms with E-state index in [2.05, 4.69) is 17.1 Å². The number of aliphatic hydroxyl groups excluding tert-OH is 1. The molecule has 1 aromatic carbocycles. The molecule has 0 radical (unpaired) electrons. The highest BCUT2D eigenvalue weighted by atomic mass is 16.3. The molecule has 1 atom stereocenters. The summed E-state index contributed by atoms with van der Waals surface area (Å²) in [6.45, 7) is 3.43. The number of anilines is 1. The van der Waals surface area contributed by atoms with E-state index in [1.165, 1.54) is 17.7 Å². The van der Waals surface area contributed by atoms with Crippen molar-refractivity contribution in [2.24, 2.45) is 0 Å². The summed E-state index contributed by atoms with van der Waals surface area (Å²) < 4.78 is 0. The highest BCUT2D eigenvalue weighted by molar-refractivity contribution is 5.94. The second-order valence-corrected chi connectivity index (χ2v) is 7.04. The maximum Gasteiger partial charge on any atom is 0.251 e. The van der Waals surface area contributed by atoms with E-state index in [9.17, 15) is 4.79 Å². The Labute approximate surface area is 153 Å². The van der Waals surface area contributed by atoms with Gasteiger partial charge >= 0.3 is 0 Å². The predicted octanol–water partition coefficient (Wildman–Crippen LogP) is 1.95. The molecule has 2 aliphatic rings. The molecule has 1 saturated heterocycles. The van der Waals surface area contributed by atoms with Gasteiger partial charge in [0.2, 0.25) is 5.95 Å². The molecule has 136 valence electrons. The normalized spacial score (nSPS) is 18.4. The number of nitrogens with one attached hydrogen (secondary N) is 1. The molecule has 1 fully saturated rings. The number of rotatable bonds is 5. The first-order chi connectivity index (χ1) is 12.7. The summed E-state index contributed by atoms with van der Waals surface area (Å²) >= 11 is 0. The minimum absolute atomic E-state index is 0.0609. The number of hydrogen-bond donors (Lipinski definition) is 2. The second-order valence-electron chi connectivity index (χ2n) is 7.04. The van der Waals surface area contributed by atoms with Crippen LogP contribution in [0.5, 0.6) is 0 Å². The van der Waals surface area contributed by atoms with Crippen LogP contribution in [0.4, 0.5) is 5.95 Å². The van der Waals surface area contributed by atoms with Crippen LogP contribution < -0.4 is 10.2 Å². The van der Waals surface area contributed by atoms with Crippen molar-refractivity contribution in [3.05, 3.63) is 41.1 Å². The summed E-state index contributed by atoms with van der Waals surface area (Å²) in [5.74, 6) is 0.665. The molecule has 4 rings (SSSR count). The first-order valence-electron chi connectivity index (χ1n) is 9.33. The summed E-state index contributed by atoms with van der Waals surface area (Å²) in [5.41, 5.74) is 5.04. The molecule has 0 saturated carbocycles. The Kier molecular flexibility index (Phi) is 4.59. The summed E-state index contributed by atoms with van der Waals surface area (Å²) in [4.78, 5) is 24.0. The molecule has 1 aliphatic carbocycles. The van der Waals surface area contributed by atoms with Crippen LogP contribution in [0.15, 0.2) is 24.3 Å². The highest BCUT2D eigenvalue weighted by Gasteiger charge is 2.29. The lowest BCUT2D eigenvalue weighted by Gasteiger charge is -2.39. The number of nitrogens with zero attached hydrogens (tertiary/aromatic N) is 3. The van der Waals surface area contributed by atoms with Crippen molar-refractivity contribution in [3.63, 3.8) is 0 Å². The van der Waals surface area contributed by atoms with Crippen molar-refractivity contribution in [3.8, 4) is 11.3 Å². The van der Waals surface area contributed by atoms with Crippen LogP contribution in [0.25, 0.3) is 11.3 Å². The van der Waals surface area contributed by atoms with Gasteiger partial charge in [0.25, 0.3) is 5.91 Å². The minimum atomic E-state index is -0.173. The summed E-state index contributed by atoms with van der Waals surface area (Å²) in [5, 5.41) is 11.5. The predicted molar refractivity (Wildman–Crippen MR) is 100 cm³/mol. The van der Waals surface area contributed by atoms with Crippen molar-refractivity contribution in [2.75, 3.05) is 24.6 Å². The standard InChI is InChI=1S/C20H24N4O2/c1-13-9-11-24(13)20-22-17-4-2-3-16(17)18(23-20)14-5-7-15(8-6-14)19(26)21-10-12-25/h5-8,13,25H,2-4,9-12H2,1H3,(H,21,26). The Balaban J connectivity index is 1.65. The number of aliphatic hydroxyl groups is 1. The van der Waals surface area contributed by atoms with Gasteiger partial charge < -0.3 is 15.3 Å². The first kappa shape index (κ1) is 17.0.